The normalized spacial score (nSPS) is 10.5. The molecule has 4 heteroatoms. The molecule has 2 aromatic rings. The number of halogens is 1. The molecule has 2 nitrogen and oxygen atoms in total. The predicted octanol–water partition coefficient (Wildman–Crippen LogP) is 5.14. The van der Waals surface area contributed by atoms with E-state index in [1.165, 1.54) is 16.7 Å². The fraction of sp³-hybridized carbons (Fsp3) is 0.278. The minimum absolute atomic E-state index is 0.00528. The van der Waals surface area contributed by atoms with Crippen LogP contribution in [0.5, 0.6) is 0 Å². The molecule has 0 fully saturated rings. The second kappa shape index (κ2) is 7.70. The van der Waals surface area contributed by atoms with E-state index in [-0.39, 0.29) is 5.91 Å². The lowest BCUT2D eigenvalue weighted by Crippen LogP contribution is -2.14. The Kier molecular flexibility index (Phi) is 5.92. The summed E-state index contributed by atoms with van der Waals surface area (Å²) in [5, 5.41) is 3.54. The Morgan fingerprint density at radius 1 is 1.09 bits per heavy atom. The van der Waals surface area contributed by atoms with Crippen molar-refractivity contribution in [2.45, 2.75) is 26.5 Å². The summed E-state index contributed by atoms with van der Waals surface area (Å²) in [7, 11) is 0. The summed E-state index contributed by atoms with van der Waals surface area (Å²) >= 11 is 7.67. The van der Waals surface area contributed by atoms with Crippen molar-refractivity contribution >= 4 is 35.0 Å². The van der Waals surface area contributed by atoms with Gasteiger partial charge in [0, 0.05) is 16.5 Å². The SMILES string of the molecule is Cc1cc(C)cc(CSCC(=O)Nc2ccc(C)c(Cl)c2)c1. The molecule has 0 aromatic heterocycles. The van der Waals surface area contributed by atoms with E-state index in [4.69, 9.17) is 11.6 Å². The Labute approximate surface area is 141 Å². The zero-order valence-corrected chi connectivity index (χ0v) is 14.6. The van der Waals surface area contributed by atoms with Gasteiger partial charge in [0.05, 0.1) is 5.75 Å². The van der Waals surface area contributed by atoms with Gasteiger partial charge in [-0.05, 0) is 44.0 Å². The molecule has 0 saturated heterocycles. The molecule has 0 radical (unpaired) electrons. The van der Waals surface area contributed by atoms with Crippen LogP contribution in [-0.2, 0) is 10.5 Å². The van der Waals surface area contributed by atoms with Crippen molar-refractivity contribution < 1.29 is 4.79 Å². The fourth-order valence-corrected chi connectivity index (χ4v) is 3.22. The minimum Gasteiger partial charge on any atom is -0.325 e. The summed E-state index contributed by atoms with van der Waals surface area (Å²) in [5.74, 6) is 1.26. The number of anilines is 1. The first kappa shape index (κ1) is 16.9. The van der Waals surface area contributed by atoms with Crippen molar-refractivity contribution in [3.8, 4) is 0 Å². The monoisotopic (exact) mass is 333 g/mol. The summed E-state index contributed by atoms with van der Waals surface area (Å²) in [6.07, 6.45) is 0. The second-order valence-corrected chi connectivity index (χ2v) is 6.89. The van der Waals surface area contributed by atoms with Crippen LogP contribution in [0.25, 0.3) is 0 Å². The predicted molar refractivity (Wildman–Crippen MR) is 96.9 cm³/mol. The Bertz CT molecular complexity index is 665. The number of hydrogen-bond acceptors (Lipinski definition) is 2. The molecule has 0 spiro atoms. The highest BCUT2D eigenvalue weighted by Gasteiger charge is 2.05. The van der Waals surface area contributed by atoms with E-state index in [2.05, 4.69) is 37.4 Å². The molecule has 116 valence electrons. The number of carbonyl (C=O) groups excluding carboxylic acids is 1. The summed E-state index contributed by atoms with van der Waals surface area (Å²) in [6, 6.07) is 12.0. The fourth-order valence-electron chi connectivity index (χ4n) is 2.28. The zero-order valence-electron chi connectivity index (χ0n) is 13.1. The molecule has 2 rings (SSSR count). The number of carbonyl (C=O) groups is 1. The van der Waals surface area contributed by atoms with Crippen molar-refractivity contribution in [3.63, 3.8) is 0 Å². The van der Waals surface area contributed by atoms with Crippen molar-refractivity contribution in [3.05, 3.63) is 63.7 Å². The number of hydrogen-bond donors (Lipinski definition) is 1. The van der Waals surface area contributed by atoms with E-state index in [0.29, 0.717) is 10.8 Å². The van der Waals surface area contributed by atoms with Gasteiger partial charge in [-0.2, -0.15) is 0 Å². The lowest BCUT2D eigenvalue weighted by Gasteiger charge is -2.08. The molecule has 0 unspecified atom stereocenters. The van der Waals surface area contributed by atoms with Crippen molar-refractivity contribution in [2.75, 3.05) is 11.1 Å². The van der Waals surface area contributed by atoms with E-state index < -0.39 is 0 Å². The maximum atomic E-state index is 12.0. The molecule has 1 amide bonds. The van der Waals surface area contributed by atoms with Gasteiger partial charge in [0.1, 0.15) is 0 Å². The Balaban J connectivity index is 1.83. The summed E-state index contributed by atoms with van der Waals surface area (Å²) in [4.78, 5) is 12.0. The first-order valence-corrected chi connectivity index (χ1v) is 8.68. The third-order valence-electron chi connectivity index (χ3n) is 3.24. The molecule has 0 aliphatic rings. The molecule has 0 aliphatic carbocycles. The summed E-state index contributed by atoms with van der Waals surface area (Å²) in [6.45, 7) is 6.12. The second-order valence-electron chi connectivity index (χ2n) is 5.50. The maximum Gasteiger partial charge on any atom is 0.234 e. The smallest absolute Gasteiger partial charge is 0.234 e. The Morgan fingerprint density at radius 3 is 2.41 bits per heavy atom. The lowest BCUT2D eigenvalue weighted by molar-refractivity contribution is -0.113. The average Bonchev–Trinajstić information content (AvgIpc) is 2.42. The first-order chi connectivity index (χ1) is 10.4. The van der Waals surface area contributed by atoms with Crippen molar-refractivity contribution in [2.24, 2.45) is 0 Å². The summed E-state index contributed by atoms with van der Waals surface area (Å²) < 4.78 is 0. The Hall–Kier alpha value is -1.45. The largest absolute Gasteiger partial charge is 0.325 e. The van der Waals surface area contributed by atoms with Gasteiger partial charge in [-0.3, -0.25) is 4.79 Å². The molecule has 0 saturated carbocycles. The molecule has 0 atom stereocenters. The third kappa shape index (κ3) is 5.08. The van der Waals surface area contributed by atoms with Crippen molar-refractivity contribution in [1.82, 2.24) is 0 Å². The molecule has 1 N–H and O–H groups in total. The van der Waals surface area contributed by atoms with Crippen LogP contribution in [0.1, 0.15) is 22.3 Å². The first-order valence-electron chi connectivity index (χ1n) is 7.15. The van der Waals surface area contributed by atoms with Gasteiger partial charge in [-0.1, -0.05) is 47.0 Å². The number of benzene rings is 2. The van der Waals surface area contributed by atoms with Gasteiger partial charge >= 0.3 is 0 Å². The van der Waals surface area contributed by atoms with Gasteiger partial charge < -0.3 is 5.32 Å². The van der Waals surface area contributed by atoms with Crippen LogP contribution < -0.4 is 5.32 Å². The van der Waals surface area contributed by atoms with Crippen molar-refractivity contribution in [1.29, 1.82) is 0 Å². The highest BCUT2D eigenvalue weighted by molar-refractivity contribution is 7.99. The lowest BCUT2D eigenvalue weighted by atomic mass is 10.1. The van der Waals surface area contributed by atoms with Crippen LogP contribution in [0.15, 0.2) is 36.4 Å². The number of rotatable bonds is 5. The zero-order chi connectivity index (χ0) is 16.1. The minimum atomic E-state index is -0.00528. The van der Waals surface area contributed by atoms with E-state index in [0.717, 1.165) is 17.0 Å². The van der Waals surface area contributed by atoms with Gasteiger partial charge in [-0.25, -0.2) is 0 Å². The number of nitrogens with one attached hydrogen (secondary N) is 1. The van der Waals surface area contributed by atoms with Crippen LogP contribution in [-0.4, -0.2) is 11.7 Å². The van der Waals surface area contributed by atoms with E-state index in [1.807, 2.05) is 19.1 Å². The third-order valence-corrected chi connectivity index (χ3v) is 4.65. The van der Waals surface area contributed by atoms with Gasteiger partial charge in [0.25, 0.3) is 0 Å². The number of aryl methyl sites for hydroxylation is 3. The Morgan fingerprint density at radius 2 is 1.77 bits per heavy atom. The molecule has 0 heterocycles. The topological polar surface area (TPSA) is 29.1 Å². The van der Waals surface area contributed by atoms with E-state index in [9.17, 15) is 4.79 Å². The quantitative estimate of drug-likeness (QED) is 0.821. The van der Waals surface area contributed by atoms with E-state index in [1.54, 1.807) is 17.8 Å². The van der Waals surface area contributed by atoms with Crippen LogP contribution >= 0.6 is 23.4 Å². The summed E-state index contributed by atoms with van der Waals surface area (Å²) in [5.41, 5.74) is 5.52. The number of thioether (sulfide) groups is 1. The van der Waals surface area contributed by atoms with Gasteiger partial charge in [-0.15, -0.1) is 11.8 Å². The maximum absolute atomic E-state index is 12.0. The van der Waals surface area contributed by atoms with Crippen LogP contribution in [0, 0.1) is 20.8 Å². The van der Waals surface area contributed by atoms with Crippen LogP contribution in [0.2, 0.25) is 5.02 Å². The molecular weight excluding hydrogens is 314 g/mol. The molecule has 2 aromatic carbocycles. The van der Waals surface area contributed by atoms with Gasteiger partial charge in [0.15, 0.2) is 0 Å². The average molecular weight is 334 g/mol. The highest BCUT2D eigenvalue weighted by Crippen LogP contribution is 2.20. The van der Waals surface area contributed by atoms with E-state index >= 15 is 0 Å². The number of amides is 1. The standard InChI is InChI=1S/C18H20ClNOS/c1-12-6-13(2)8-15(7-12)10-22-11-18(21)20-16-5-4-14(3)17(19)9-16/h4-9H,10-11H2,1-3H3,(H,20,21). The van der Waals surface area contributed by atoms with Crippen LogP contribution in [0.3, 0.4) is 0 Å². The molecule has 0 bridgehead atoms. The molecule has 0 aliphatic heterocycles. The molecular formula is C18H20ClNOS. The molecule has 22 heavy (non-hydrogen) atoms. The van der Waals surface area contributed by atoms with Gasteiger partial charge in [0.2, 0.25) is 5.91 Å². The highest BCUT2D eigenvalue weighted by atomic mass is 35.5. The van der Waals surface area contributed by atoms with Crippen LogP contribution in [0.4, 0.5) is 5.69 Å².